The molecule has 0 N–H and O–H groups in total. The van der Waals surface area contributed by atoms with Crippen LogP contribution in [0, 0.1) is 6.92 Å². The Morgan fingerprint density at radius 1 is 1.38 bits per heavy atom. The highest BCUT2D eigenvalue weighted by molar-refractivity contribution is 6.29. The molecule has 1 aliphatic carbocycles. The quantitative estimate of drug-likeness (QED) is 0.751. The Morgan fingerprint density at radius 2 is 2.19 bits per heavy atom. The van der Waals surface area contributed by atoms with Crippen LogP contribution in [0.25, 0.3) is 11.3 Å². The first-order valence-corrected chi connectivity index (χ1v) is 5.58. The third-order valence-corrected chi connectivity index (χ3v) is 2.87. The number of aromatic nitrogens is 3. The lowest BCUT2D eigenvalue weighted by Crippen LogP contribution is -1.95. The monoisotopic (exact) mass is 235 g/mol. The molecule has 0 aliphatic heterocycles. The second kappa shape index (κ2) is 3.56. The van der Waals surface area contributed by atoms with Crippen LogP contribution in [-0.2, 0) is 0 Å². The van der Waals surface area contributed by atoms with E-state index in [0.717, 1.165) is 35.7 Å². The van der Waals surface area contributed by atoms with Crippen molar-refractivity contribution in [2.24, 2.45) is 0 Å². The molecule has 0 radical (unpaired) electrons. The van der Waals surface area contributed by atoms with Gasteiger partial charge in [-0.1, -0.05) is 16.8 Å². The Morgan fingerprint density at radius 3 is 2.81 bits per heavy atom. The Balaban J connectivity index is 2.10. The van der Waals surface area contributed by atoms with Crippen LogP contribution < -0.4 is 0 Å². The first-order valence-electron chi connectivity index (χ1n) is 5.20. The molecule has 0 spiro atoms. The van der Waals surface area contributed by atoms with Crippen molar-refractivity contribution in [3.8, 4) is 11.3 Å². The van der Waals surface area contributed by atoms with Crippen LogP contribution in [-0.4, -0.2) is 15.1 Å². The molecule has 1 saturated carbocycles. The summed E-state index contributed by atoms with van der Waals surface area (Å²) in [4.78, 5) is 8.74. The van der Waals surface area contributed by atoms with E-state index in [0.29, 0.717) is 11.1 Å². The van der Waals surface area contributed by atoms with Gasteiger partial charge in [-0.25, -0.2) is 9.97 Å². The maximum atomic E-state index is 5.99. The molecule has 0 amide bonds. The van der Waals surface area contributed by atoms with Gasteiger partial charge in [0.1, 0.15) is 16.7 Å². The molecule has 2 heterocycles. The molecule has 2 aromatic heterocycles. The summed E-state index contributed by atoms with van der Waals surface area (Å²) in [7, 11) is 0. The van der Waals surface area contributed by atoms with Crippen LogP contribution in [0.2, 0.25) is 5.15 Å². The Bertz CT molecular complexity index is 534. The minimum absolute atomic E-state index is 0.479. The average molecular weight is 236 g/mol. The van der Waals surface area contributed by atoms with E-state index in [2.05, 4.69) is 15.1 Å². The Hall–Kier alpha value is -1.42. The molecular formula is C11H10ClN3O. The van der Waals surface area contributed by atoms with Gasteiger partial charge in [0.05, 0.1) is 17.5 Å². The number of aryl methyl sites for hydroxylation is 1. The molecule has 0 unspecified atom stereocenters. The van der Waals surface area contributed by atoms with Gasteiger partial charge in [-0.15, -0.1) is 0 Å². The zero-order chi connectivity index (χ0) is 11.1. The van der Waals surface area contributed by atoms with Gasteiger partial charge in [0.15, 0.2) is 0 Å². The molecule has 3 rings (SSSR count). The maximum Gasteiger partial charge on any atom is 0.143 e. The molecule has 2 aromatic rings. The zero-order valence-corrected chi connectivity index (χ0v) is 9.53. The summed E-state index contributed by atoms with van der Waals surface area (Å²) in [6.07, 6.45) is 3.97. The first kappa shape index (κ1) is 9.78. The average Bonchev–Trinajstić information content (AvgIpc) is 3.01. The molecule has 0 saturated heterocycles. The summed E-state index contributed by atoms with van der Waals surface area (Å²) < 4.78 is 5.02. The van der Waals surface area contributed by atoms with E-state index in [4.69, 9.17) is 16.1 Å². The SMILES string of the molecule is Cc1oncc1-c1cc(Cl)nc(C2CC2)n1. The summed E-state index contributed by atoms with van der Waals surface area (Å²) in [5.74, 6) is 2.07. The summed E-state index contributed by atoms with van der Waals surface area (Å²) in [6.45, 7) is 1.86. The van der Waals surface area contributed by atoms with E-state index in [1.165, 1.54) is 0 Å². The molecule has 16 heavy (non-hydrogen) atoms. The van der Waals surface area contributed by atoms with Crippen molar-refractivity contribution in [1.29, 1.82) is 0 Å². The summed E-state index contributed by atoms with van der Waals surface area (Å²) in [5.41, 5.74) is 1.67. The van der Waals surface area contributed by atoms with Gasteiger partial charge < -0.3 is 4.52 Å². The van der Waals surface area contributed by atoms with Crippen LogP contribution in [0.4, 0.5) is 0 Å². The van der Waals surface area contributed by atoms with Crippen molar-refractivity contribution in [2.75, 3.05) is 0 Å². The van der Waals surface area contributed by atoms with E-state index in [1.54, 1.807) is 12.3 Å². The van der Waals surface area contributed by atoms with Gasteiger partial charge in [0.2, 0.25) is 0 Å². The van der Waals surface area contributed by atoms with Gasteiger partial charge in [-0.2, -0.15) is 0 Å². The molecule has 1 fully saturated rings. The van der Waals surface area contributed by atoms with Gasteiger partial charge in [-0.3, -0.25) is 0 Å². The van der Waals surface area contributed by atoms with Gasteiger partial charge in [0.25, 0.3) is 0 Å². The maximum absolute atomic E-state index is 5.99. The van der Waals surface area contributed by atoms with E-state index < -0.39 is 0 Å². The van der Waals surface area contributed by atoms with Crippen LogP contribution >= 0.6 is 11.6 Å². The molecule has 0 atom stereocenters. The van der Waals surface area contributed by atoms with Crippen molar-refractivity contribution < 1.29 is 4.52 Å². The fourth-order valence-electron chi connectivity index (χ4n) is 1.64. The third kappa shape index (κ3) is 1.69. The predicted molar refractivity (Wildman–Crippen MR) is 59.3 cm³/mol. The highest BCUT2D eigenvalue weighted by Crippen LogP contribution is 2.39. The standard InChI is InChI=1S/C11H10ClN3O/c1-6-8(5-13-16-6)9-4-10(12)15-11(14-9)7-2-3-7/h4-5,7H,2-3H2,1H3. The highest BCUT2D eigenvalue weighted by Gasteiger charge is 2.27. The van der Waals surface area contributed by atoms with Crippen LogP contribution in [0.3, 0.4) is 0 Å². The predicted octanol–water partition coefficient (Wildman–Crippen LogP) is 2.97. The second-order valence-corrected chi connectivity index (χ2v) is 4.39. The molecule has 0 bridgehead atoms. The minimum Gasteiger partial charge on any atom is -0.361 e. The van der Waals surface area contributed by atoms with Crippen LogP contribution in [0.15, 0.2) is 16.8 Å². The van der Waals surface area contributed by atoms with Crippen molar-refractivity contribution in [3.05, 3.63) is 29.0 Å². The summed E-state index contributed by atoms with van der Waals surface area (Å²) >= 11 is 5.99. The molecule has 82 valence electrons. The van der Waals surface area contributed by atoms with Gasteiger partial charge >= 0.3 is 0 Å². The van der Waals surface area contributed by atoms with Crippen LogP contribution in [0.1, 0.15) is 30.3 Å². The number of hydrogen-bond donors (Lipinski definition) is 0. The van der Waals surface area contributed by atoms with E-state index >= 15 is 0 Å². The van der Waals surface area contributed by atoms with Crippen molar-refractivity contribution in [1.82, 2.24) is 15.1 Å². The lowest BCUT2D eigenvalue weighted by atomic mass is 10.2. The van der Waals surface area contributed by atoms with E-state index in [-0.39, 0.29) is 0 Å². The minimum atomic E-state index is 0.479. The normalized spacial score (nSPS) is 15.4. The molecule has 0 aromatic carbocycles. The topological polar surface area (TPSA) is 51.8 Å². The fourth-order valence-corrected chi connectivity index (χ4v) is 1.83. The number of hydrogen-bond acceptors (Lipinski definition) is 4. The Labute approximate surface area is 97.7 Å². The number of nitrogens with zero attached hydrogens (tertiary/aromatic N) is 3. The smallest absolute Gasteiger partial charge is 0.143 e. The second-order valence-electron chi connectivity index (χ2n) is 4.00. The highest BCUT2D eigenvalue weighted by atomic mass is 35.5. The largest absolute Gasteiger partial charge is 0.361 e. The third-order valence-electron chi connectivity index (χ3n) is 2.68. The number of rotatable bonds is 2. The lowest BCUT2D eigenvalue weighted by molar-refractivity contribution is 0.398. The fraction of sp³-hybridized carbons (Fsp3) is 0.364. The summed E-state index contributed by atoms with van der Waals surface area (Å²) in [5, 5.41) is 4.22. The molecular weight excluding hydrogens is 226 g/mol. The van der Waals surface area contributed by atoms with E-state index in [9.17, 15) is 0 Å². The number of halogens is 1. The van der Waals surface area contributed by atoms with Crippen LogP contribution in [0.5, 0.6) is 0 Å². The molecule has 4 nitrogen and oxygen atoms in total. The van der Waals surface area contributed by atoms with Gasteiger partial charge in [0, 0.05) is 12.0 Å². The van der Waals surface area contributed by atoms with Crippen molar-refractivity contribution in [2.45, 2.75) is 25.7 Å². The van der Waals surface area contributed by atoms with E-state index in [1.807, 2.05) is 6.92 Å². The van der Waals surface area contributed by atoms with Crippen molar-refractivity contribution >= 4 is 11.6 Å². The lowest BCUT2D eigenvalue weighted by Gasteiger charge is -2.02. The Kier molecular flexibility index (Phi) is 2.17. The van der Waals surface area contributed by atoms with Crippen molar-refractivity contribution in [3.63, 3.8) is 0 Å². The first-order chi connectivity index (χ1) is 7.74. The summed E-state index contributed by atoms with van der Waals surface area (Å²) in [6, 6.07) is 1.74. The molecule has 5 heteroatoms. The molecule has 1 aliphatic rings. The van der Waals surface area contributed by atoms with Gasteiger partial charge in [-0.05, 0) is 19.8 Å². The zero-order valence-electron chi connectivity index (χ0n) is 8.77.